The lowest BCUT2D eigenvalue weighted by Gasteiger charge is -2.32. The second-order valence-electron chi connectivity index (χ2n) is 5.06. The average molecular weight is 305 g/mol. The lowest BCUT2D eigenvalue weighted by atomic mass is 10.2. The third kappa shape index (κ3) is 4.20. The summed E-state index contributed by atoms with van der Waals surface area (Å²) in [5, 5.41) is 12.3. The zero-order valence-corrected chi connectivity index (χ0v) is 12.8. The first-order valence-corrected chi connectivity index (χ1v) is 7.88. The van der Waals surface area contributed by atoms with Crippen LogP contribution in [0.5, 0.6) is 0 Å². The molecule has 0 radical (unpaired) electrons. The van der Waals surface area contributed by atoms with Crippen molar-refractivity contribution in [2.45, 2.75) is 19.6 Å². The summed E-state index contributed by atoms with van der Waals surface area (Å²) >= 11 is 1.77. The Balaban J connectivity index is 1.49. The van der Waals surface area contributed by atoms with E-state index in [0.717, 1.165) is 43.6 Å². The molecule has 0 bridgehead atoms. The predicted molar refractivity (Wildman–Crippen MR) is 82.4 cm³/mol. The van der Waals surface area contributed by atoms with Crippen LogP contribution < -0.4 is 5.32 Å². The highest BCUT2D eigenvalue weighted by molar-refractivity contribution is 7.11. The zero-order chi connectivity index (χ0) is 14.5. The van der Waals surface area contributed by atoms with Gasteiger partial charge in [-0.15, -0.1) is 16.4 Å². The van der Waals surface area contributed by atoms with Gasteiger partial charge in [0, 0.05) is 43.4 Å². The van der Waals surface area contributed by atoms with Crippen LogP contribution in [0.2, 0.25) is 0 Å². The van der Waals surface area contributed by atoms with Crippen molar-refractivity contribution in [2.75, 3.05) is 31.6 Å². The second-order valence-corrected chi connectivity index (χ2v) is 6.38. The summed E-state index contributed by atoms with van der Waals surface area (Å²) in [5.74, 6) is 0.788. The van der Waals surface area contributed by atoms with Gasteiger partial charge in [-0.25, -0.2) is 4.98 Å². The number of hydrogen-bond acceptors (Lipinski definition) is 7. The van der Waals surface area contributed by atoms with Gasteiger partial charge in [-0.1, -0.05) is 0 Å². The molecule has 1 N–H and O–H groups in total. The van der Waals surface area contributed by atoms with Gasteiger partial charge in [-0.05, 0) is 19.1 Å². The molecule has 1 unspecified atom stereocenters. The molecule has 1 saturated heterocycles. The predicted octanol–water partition coefficient (Wildman–Crippen LogP) is 1.55. The Morgan fingerprint density at radius 2 is 2.48 bits per heavy atom. The minimum absolute atomic E-state index is 0.176. The average Bonchev–Trinajstić information content (AvgIpc) is 2.92. The Morgan fingerprint density at radius 3 is 3.24 bits per heavy atom. The summed E-state index contributed by atoms with van der Waals surface area (Å²) in [6, 6.07) is 3.78. The number of hydrogen-bond donors (Lipinski definition) is 1. The van der Waals surface area contributed by atoms with E-state index in [4.69, 9.17) is 4.74 Å². The normalized spacial score (nSPS) is 19.6. The Labute approximate surface area is 128 Å². The molecule has 3 heterocycles. The van der Waals surface area contributed by atoms with Crippen molar-refractivity contribution < 1.29 is 4.74 Å². The molecule has 0 aliphatic carbocycles. The number of anilines is 1. The standard InChI is InChI=1S/C14H19N5OS/c1-11-15-8-13(21-11)10-19-5-6-20-12(9-19)7-16-14-3-2-4-17-18-14/h2-4,8,12H,5-7,9-10H2,1H3,(H,16,18). The molecule has 7 heteroatoms. The first-order valence-electron chi connectivity index (χ1n) is 7.06. The molecule has 1 aliphatic heterocycles. The van der Waals surface area contributed by atoms with Crippen LogP contribution in [-0.2, 0) is 11.3 Å². The number of ether oxygens (including phenoxy) is 1. The second kappa shape index (κ2) is 6.93. The minimum Gasteiger partial charge on any atom is -0.374 e. The van der Waals surface area contributed by atoms with Crippen LogP contribution >= 0.6 is 11.3 Å². The maximum absolute atomic E-state index is 5.81. The molecule has 1 aliphatic rings. The molecule has 2 aromatic rings. The highest BCUT2D eigenvalue weighted by Gasteiger charge is 2.21. The summed E-state index contributed by atoms with van der Waals surface area (Å²) in [4.78, 5) is 8.04. The maximum Gasteiger partial charge on any atom is 0.148 e. The first-order chi connectivity index (χ1) is 10.3. The SMILES string of the molecule is Cc1ncc(CN2CCOC(CNc3cccnn3)C2)s1. The molecule has 2 aromatic heterocycles. The van der Waals surface area contributed by atoms with Gasteiger partial charge in [0.1, 0.15) is 5.82 Å². The van der Waals surface area contributed by atoms with Gasteiger partial charge < -0.3 is 10.1 Å². The fourth-order valence-electron chi connectivity index (χ4n) is 2.36. The van der Waals surface area contributed by atoms with E-state index in [1.54, 1.807) is 17.5 Å². The van der Waals surface area contributed by atoms with Gasteiger partial charge in [0.15, 0.2) is 0 Å². The van der Waals surface area contributed by atoms with Crippen LogP contribution in [0, 0.1) is 6.92 Å². The molecule has 0 aromatic carbocycles. The van der Waals surface area contributed by atoms with Crippen LogP contribution in [0.25, 0.3) is 0 Å². The van der Waals surface area contributed by atoms with Crippen LogP contribution in [0.4, 0.5) is 5.82 Å². The number of thiazole rings is 1. The Morgan fingerprint density at radius 1 is 1.52 bits per heavy atom. The zero-order valence-electron chi connectivity index (χ0n) is 12.0. The first kappa shape index (κ1) is 14.4. The summed E-state index contributed by atoms with van der Waals surface area (Å²) in [6.07, 6.45) is 3.82. The third-order valence-electron chi connectivity index (χ3n) is 3.35. The van der Waals surface area contributed by atoms with Crippen LogP contribution in [-0.4, -0.2) is 52.4 Å². The van der Waals surface area contributed by atoms with E-state index in [1.807, 2.05) is 25.3 Å². The molecule has 0 saturated carbocycles. The summed E-state index contributed by atoms with van der Waals surface area (Å²) in [5.41, 5.74) is 0. The molecule has 0 amide bonds. The minimum atomic E-state index is 0.176. The van der Waals surface area contributed by atoms with E-state index < -0.39 is 0 Å². The Hall–Kier alpha value is -1.57. The van der Waals surface area contributed by atoms with Crippen molar-refractivity contribution in [1.82, 2.24) is 20.1 Å². The lowest BCUT2D eigenvalue weighted by Crippen LogP contribution is -2.44. The number of rotatable bonds is 5. The fraction of sp³-hybridized carbons (Fsp3) is 0.500. The maximum atomic E-state index is 5.81. The van der Waals surface area contributed by atoms with Gasteiger partial charge in [-0.3, -0.25) is 4.90 Å². The van der Waals surface area contributed by atoms with E-state index in [9.17, 15) is 0 Å². The largest absolute Gasteiger partial charge is 0.374 e. The van der Waals surface area contributed by atoms with Crippen LogP contribution in [0.1, 0.15) is 9.88 Å². The number of aryl methyl sites for hydroxylation is 1. The van der Waals surface area contributed by atoms with Gasteiger partial charge in [-0.2, -0.15) is 5.10 Å². The fourth-order valence-corrected chi connectivity index (χ4v) is 3.20. The molecular formula is C14H19N5OS. The molecule has 21 heavy (non-hydrogen) atoms. The molecule has 6 nitrogen and oxygen atoms in total. The van der Waals surface area contributed by atoms with Crippen molar-refractivity contribution in [2.24, 2.45) is 0 Å². The third-order valence-corrected chi connectivity index (χ3v) is 4.25. The van der Waals surface area contributed by atoms with E-state index in [-0.39, 0.29) is 6.10 Å². The smallest absolute Gasteiger partial charge is 0.148 e. The highest BCUT2D eigenvalue weighted by atomic mass is 32.1. The molecule has 1 fully saturated rings. The number of morpholine rings is 1. The topological polar surface area (TPSA) is 63.2 Å². The van der Waals surface area contributed by atoms with Gasteiger partial charge in [0.25, 0.3) is 0 Å². The Bertz CT molecular complexity index is 562. The summed E-state index contributed by atoms with van der Waals surface area (Å²) < 4.78 is 5.81. The van der Waals surface area contributed by atoms with Gasteiger partial charge in [0.2, 0.25) is 0 Å². The van der Waals surface area contributed by atoms with Gasteiger partial charge in [0.05, 0.1) is 17.7 Å². The molecule has 0 spiro atoms. The highest BCUT2D eigenvalue weighted by Crippen LogP contribution is 2.16. The molecular weight excluding hydrogens is 286 g/mol. The van der Waals surface area contributed by atoms with Crippen LogP contribution in [0.15, 0.2) is 24.5 Å². The number of aromatic nitrogens is 3. The lowest BCUT2D eigenvalue weighted by molar-refractivity contribution is -0.0237. The molecule has 1 atom stereocenters. The van der Waals surface area contributed by atoms with Crippen molar-refractivity contribution in [3.05, 3.63) is 34.4 Å². The van der Waals surface area contributed by atoms with Crippen molar-refractivity contribution in [1.29, 1.82) is 0 Å². The number of nitrogens with one attached hydrogen (secondary N) is 1. The van der Waals surface area contributed by atoms with E-state index in [0.29, 0.717) is 0 Å². The van der Waals surface area contributed by atoms with Crippen LogP contribution in [0.3, 0.4) is 0 Å². The van der Waals surface area contributed by atoms with E-state index in [2.05, 4.69) is 25.4 Å². The quantitative estimate of drug-likeness (QED) is 0.904. The van der Waals surface area contributed by atoms with Crippen molar-refractivity contribution in [3.63, 3.8) is 0 Å². The summed E-state index contributed by atoms with van der Waals surface area (Å²) in [6.45, 7) is 6.40. The monoisotopic (exact) mass is 305 g/mol. The van der Waals surface area contributed by atoms with Crippen molar-refractivity contribution >= 4 is 17.2 Å². The number of nitrogens with zero attached hydrogens (tertiary/aromatic N) is 4. The van der Waals surface area contributed by atoms with Crippen molar-refractivity contribution in [3.8, 4) is 0 Å². The van der Waals surface area contributed by atoms with E-state index >= 15 is 0 Å². The molecule has 3 rings (SSSR count). The van der Waals surface area contributed by atoms with E-state index in [1.165, 1.54) is 4.88 Å². The summed E-state index contributed by atoms with van der Waals surface area (Å²) in [7, 11) is 0. The Kier molecular flexibility index (Phi) is 4.74. The van der Waals surface area contributed by atoms with Gasteiger partial charge >= 0.3 is 0 Å². The molecule has 112 valence electrons.